The van der Waals surface area contributed by atoms with E-state index in [9.17, 15) is 0 Å². The monoisotopic (exact) mass is 357 g/mol. The summed E-state index contributed by atoms with van der Waals surface area (Å²) in [5.74, 6) is 2.01. The first kappa shape index (κ1) is 17.7. The maximum absolute atomic E-state index is 5.88. The van der Waals surface area contributed by atoms with Crippen LogP contribution in [0.25, 0.3) is 0 Å². The van der Waals surface area contributed by atoms with Crippen molar-refractivity contribution >= 4 is 0 Å². The molecule has 1 aliphatic heterocycles. The molecule has 1 aliphatic carbocycles. The smallest absolute Gasteiger partial charge is 0.126 e. The van der Waals surface area contributed by atoms with Gasteiger partial charge in [0.1, 0.15) is 5.82 Å². The number of imidazole rings is 1. The second-order valence-corrected chi connectivity index (χ2v) is 7.91. The molecule has 1 fully saturated rings. The SMILES string of the molecule is Cc1c(CN2CCn3c(CCOCC4CCC4)cnc3C2C)cnn1C. The lowest BCUT2D eigenvalue weighted by atomic mass is 9.86. The standard InChI is InChI=1S/C20H31N5O/c1-15-18(11-22-23(15)3)13-24-8-9-25-19(12-21-20(25)16(24)2)7-10-26-14-17-5-4-6-17/h11-12,16-17H,4-10,13-14H2,1-3H3. The maximum Gasteiger partial charge on any atom is 0.126 e. The van der Waals surface area contributed by atoms with Crippen LogP contribution in [-0.4, -0.2) is 44.0 Å². The number of fused-ring (bicyclic) bond motifs is 1. The summed E-state index contributed by atoms with van der Waals surface area (Å²) in [6.07, 6.45) is 9.11. The summed E-state index contributed by atoms with van der Waals surface area (Å²) in [7, 11) is 2.00. The van der Waals surface area contributed by atoms with Gasteiger partial charge in [-0.15, -0.1) is 0 Å². The van der Waals surface area contributed by atoms with E-state index in [1.165, 1.54) is 42.0 Å². The highest BCUT2D eigenvalue weighted by atomic mass is 16.5. The van der Waals surface area contributed by atoms with Crippen LogP contribution < -0.4 is 0 Å². The van der Waals surface area contributed by atoms with E-state index >= 15 is 0 Å². The highest BCUT2D eigenvalue weighted by Gasteiger charge is 2.27. The Hall–Kier alpha value is -1.66. The van der Waals surface area contributed by atoms with Crippen LogP contribution in [0, 0.1) is 12.8 Å². The van der Waals surface area contributed by atoms with Crippen LogP contribution in [0.15, 0.2) is 12.4 Å². The maximum atomic E-state index is 5.88. The normalized spacial score (nSPS) is 21.0. The molecule has 1 atom stereocenters. The van der Waals surface area contributed by atoms with E-state index in [0.717, 1.165) is 45.2 Å². The molecule has 6 nitrogen and oxygen atoms in total. The van der Waals surface area contributed by atoms with Gasteiger partial charge in [-0.2, -0.15) is 5.10 Å². The summed E-state index contributed by atoms with van der Waals surface area (Å²) in [4.78, 5) is 7.25. The Morgan fingerprint density at radius 3 is 2.77 bits per heavy atom. The van der Waals surface area contributed by atoms with Crippen LogP contribution in [0.2, 0.25) is 0 Å². The Labute approximate surface area is 156 Å². The highest BCUT2D eigenvalue weighted by Crippen LogP contribution is 2.28. The fourth-order valence-electron chi connectivity index (χ4n) is 4.02. The van der Waals surface area contributed by atoms with Crippen LogP contribution in [0.1, 0.15) is 55.0 Å². The molecule has 0 N–H and O–H groups in total. The van der Waals surface area contributed by atoms with Crippen molar-refractivity contribution in [1.29, 1.82) is 0 Å². The van der Waals surface area contributed by atoms with E-state index < -0.39 is 0 Å². The number of ether oxygens (including phenoxy) is 1. The average molecular weight is 358 g/mol. The van der Waals surface area contributed by atoms with Gasteiger partial charge in [0.2, 0.25) is 0 Å². The third-order valence-electron chi connectivity index (χ3n) is 6.29. The van der Waals surface area contributed by atoms with Gasteiger partial charge in [0.05, 0.1) is 18.8 Å². The van der Waals surface area contributed by atoms with Crippen molar-refractivity contribution in [2.75, 3.05) is 19.8 Å². The molecule has 0 bridgehead atoms. The molecule has 0 aromatic carbocycles. The fourth-order valence-corrected chi connectivity index (χ4v) is 4.02. The van der Waals surface area contributed by atoms with Gasteiger partial charge in [-0.05, 0) is 32.6 Å². The van der Waals surface area contributed by atoms with Crippen molar-refractivity contribution in [3.8, 4) is 0 Å². The van der Waals surface area contributed by atoms with Crippen molar-refractivity contribution in [3.05, 3.63) is 35.2 Å². The summed E-state index contributed by atoms with van der Waals surface area (Å²) < 4.78 is 10.2. The van der Waals surface area contributed by atoms with E-state index in [1.54, 1.807) is 0 Å². The first-order valence-electron chi connectivity index (χ1n) is 9.97. The van der Waals surface area contributed by atoms with E-state index in [0.29, 0.717) is 6.04 Å². The lowest BCUT2D eigenvalue weighted by molar-refractivity contribution is 0.0711. The van der Waals surface area contributed by atoms with Crippen molar-refractivity contribution in [2.24, 2.45) is 13.0 Å². The summed E-state index contributed by atoms with van der Waals surface area (Å²) in [6, 6.07) is 0.327. The van der Waals surface area contributed by atoms with Gasteiger partial charge in [0, 0.05) is 62.9 Å². The minimum Gasteiger partial charge on any atom is -0.381 e. The van der Waals surface area contributed by atoms with Gasteiger partial charge in [-0.3, -0.25) is 9.58 Å². The Kier molecular flexibility index (Phi) is 5.14. The van der Waals surface area contributed by atoms with Crippen LogP contribution in [0.4, 0.5) is 0 Å². The Balaban J connectivity index is 1.35. The molecule has 2 aromatic rings. The van der Waals surface area contributed by atoms with Crippen molar-refractivity contribution in [1.82, 2.24) is 24.2 Å². The van der Waals surface area contributed by atoms with Gasteiger partial charge >= 0.3 is 0 Å². The molecule has 0 spiro atoms. The van der Waals surface area contributed by atoms with Crippen molar-refractivity contribution in [3.63, 3.8) is 0 Å². The van der Waals surface area contributed by atoms with Crippen LogP contribution in [-0.2, 0) is 31.3 Å². The van der Waals surface area contributed by atoms with Crippen LogP contribution >= 0.6 is 0 Å². The Bertz CT molecular complexity index is 745. The molecule has 1 unspecified atom stereocenters. The summed E-state index contributed by atoms with van der Waals surface area (Å²) in [5, 5.41) is 4.37. The third-order valence-corrected chi connectivity index (χ3v) is 6.29. The summed E-state index contributed by atoms with van der Waals surface area (Å²) >= 11 is 0. The molecule has 6 heteroatoms. The molecule has 26 heavy (non-hydrogen) atoms. The van der Waals surface area contributed by atoms with Gasteiger partial charge in [-0.1, -0.05) is 6.42 Å². The number of rotatable bonds is 7. The van der Waals surface area contributed by atoms with E-state index in [2.05, 4.69) is 34.6 Å². The number of aryl methyl sites for hydroxylation is 1. The van der Waals surface area contributed by atoms with Gasteiger partial charge in [0.15, 0.2) is 0 Å². The molecule has 3 heterocycles. The fraction of sp³-hybridized carbons (Fsp3) is 0.700. The number of hydrogen-bond acceptors (Lipinski definition) is 4. The molecule has 1 saturated carbocycles. The second kappa shape index (κ2) is 7.53. The second-order valence-electron chi connectivity index (χ2n) is 7.91. The average Bonchev–Trinajstić information content (AvgIpc) is 3.14. The topological polar surface area (TPSA) is 48.1 Å². The predicted molar refractivity (Wildman–Crippen MR) is 101 cm³/mol. The highest BCUT2D eigenvalue weighted by molar-refractivity contribution is 5.17. The van der Waals surface area contributed by atoms with Gasteiger partial charge < -0.3 is 9.30 Å². The number of nitrogens with zero attached hydrogens (tertiary/aromatic N) is 5. The molecular formula is C20H31N5O. The van der Waals surface area contributed by atoms with Crippen molar-refractivity contribution in [2.45, 2.75) is 58.7 Å². The molecule has 2 aromatic heterocycles. The van der Waals surface area contributed by atoms with Gasteiger partial charge in [0.25, 0.3) is 0 Å². The molecule has 0 radical (unpaired) electrons. The number of aromatic nitrogens is 4. The Morgan fingerprint density at radius 1 is 1.23 bits per heavy atom. The largest absolute Gasteiger partial charge is 0.381 e. The lowest BCUT2D eigenvalue weighted by Crippen LogP contribution is -2.37. The molecule has 0 amide bonds. The minimum atomic E-state index is 0.327. The first-order valence-corrected chi connectivity index (χ1v) is 9.97. The first-order chi connectivity index (χ1) is 12.6. The van der Waals surface area contributed by atoms with E-state index in [-0.39, 0.29) is 0 Å². The lowest BCUT2D eigenvalue weighted by Gasteiger charge is -2.34. The predicted octanol–water partition coefficient (Wildman–Crippen LogP) is 2.86. The van der Waals surface area contributed by atoms with Crippen LogP contribution in [0.3, 0.4) is 0 Å². The summed E-state index contributed by atoms with van der Waals surface area (Å²) in [5.41, 5.74) is 3.87. The summed E-state index contributed by atoms with van der Waals surface area (Å²) in [6.45, 7) is 9.16. The van der Waals surface area contributed by atoms with Gasteiger partial charge in [-0.25, -0.2) is 4.98 Å². The molecule has 0 saturated heterocycles. The quantitative estimate of drug-likeness (QED) is 0.715. The van der Waals surface area contributed by atoms with E-state index in [1.807, 2.05) is 17.9 Å². The molecule has 4 rings (SSSR count). The zero-order chi connectivity index (χ0) is 18.1. The van der Waals surface area contributed by atoms with Crippen LogP contribution in [0.5, 0.6) is 0 Å². The Morgan fingerprint density at radius 2 is 2.08 bits per heavy atom. The van der Waals surface area contributed by atoms with E-state index in [4.69, 9.17) is 9.72 Å². The zero-order valence-corrected chi connectivity index (χ0v) is 16.3. The molecule has 142 valence electrons. The molecular weight excluding hydrogens is 326 g/mol. The minimum absolute atomic E-state index is 0.327. The zero-order valence-electron chi connectivity index (χ0n) is 16.3. The third kappa shape index (κ3) is 3.45. The number of hydrogen-bond donors (Lipinski definition) is 0. The van der Waals surface area contributed by atoms with Crippen molar-refractivity contribution < 1.29 is 4.74 Å². The molecule has 2 aliphatic rings.